The molecule has 0 bridgehead atoms. The van der Waals surface area contributed by atoms with Crippen molar-refractivity contribution in [1.82, 2.24) is 9.47 Å². The lowest BCUT2D eigenvalue weighted by atomic mass is 10.2. The third kappa shape index (κ3) is 2.96. The summed E-state index contributed by atoms with van der Waals surface area (Å²) in [5.74, 6) is -0.944. The Balaban J connectivity index is 1.45. The summed E-state index contributed by atoms with van der Waals surface area (Å²) in [6, 6.07) is 13.7. The fourth-order valence-corrected chi connectivity index (χ4v) is 3.30. The van der Waals surface area contributed by atoms with E-state index in [-0.39, 0.29) is 18.3 Å². The molecule has 1 amide bonds. The topological polar surface area (TPSA) is 58.7 Å². The highest BCUT2D eigenvalue weighted by molar-refractivity contribution is 5.79. The number of amides is 1. The van der Waals surface area contributed by atoms with Crippen molar-refractivity contribution >= 4 is 22.7 Å². The van der Waals surface area contributed by atoms with E-state index in [4.69, 9.17) is 4.42 Å². The number of benzene rings is 2. The van der Waals surface area contributed by atoms with E-state index in [0.717, 1.165) is 0 Å². The smallest absolute Gasteiger partial charge is 0.408 e. The molecule has 0 aliphatic carbocycles. The lowest BCUT2D eigenvalue weighted by Gasteiger charge is -2.36. The minimum Gasteiger partial charge on any atom is -0.408 e. The van der Waals surface area contributed by atoms with Crippen LogP contribution < -0.4 is 10.7 Å². The van der Waals surface area contributed by atoms with Crippen molar-refractivity contribution in [2.75, 3.05) is 31.1 Å². The number of halogens is 1. The number of hydrogen-bond acceptors (Lipinski definition) is 4. The van der Waals surface area contributed by atoms with Crippen LogP contribution in [0.15, 0.2) is 57.7 Å². The predicted octanol–water partition coefficient (Wildman–Crippen LogP) is 2.08. The maximum Gasteiger partial charge on any atom is 0.420 e. The van der Waals surface area contributed by atoms with Crippen LogP contribution in [0, 0.1) is 5.82 Å². The Morgan fingerprint density at radius 2 is 1.69 bits per heavy atom. The molecular formula is C19H18FN3O3. The van der Waals surface area contributed by atoms with E-state index >= 15 is 0 Å². The molecule has 0 radical (unpaired) electrons. The summed E-state index contributed by atoms with van der Waals surface area (Å²) in [4.78, 5) is 28.2. The lowest BCUT2D eigenvalue weighted by Crippen LogP contribution is -2.50. The van der Waals surface area contributed by atoms with E-state index in [9.17, 15) is 14.0 Å². The first kappa shape index (κ1) is 16.4. The van der Waals surface area contributed by atoms with Crippen LogP contribution in [-0.4, -0.2) is 41.6 Å². The Labute approximate surface area is 149 Å². The molecule has 1 saturated heterocycles. The summed E-state index contributed by atoms with van der Waals surface area (Å²) in [5.41, 5.74) is 1.63. The number of hydrogen-bond donors (Lipinski definition) is 0. The van der Waals surface area contributed by atoms with Gasteiger partial charge in [-0.1, -0.05) is 24.3 Å². The number of nitrogens with zero attached hydrogens (tertiary/aromatic N) is 3. The lowest BCUT2D eigenvalue weighted by molar-refractivity contribution is -0.132. The molecule has 1 aliphatic heterocycles. The van der Waals surface area contributed by atoms with Crippen molar-refractivity contribution in [2.24, 2.45) is 0 Å². The molecule has 134 valence electrons. The van der Waals surface area contributed by atoms with Gasteiger partial charge < -0.3 is 14.2 Å². The highest BCUT2D eigenvalue weighted by Crippen LogP contribution is 2.20. The molecule has 2 aromatic carbocycles. The number of rotatable bonds is 3. The van der Waals surface area contributed by atoms with Crippen LogP contribution in [0.5, 0.6) is 0 Å². The van der Waals surface area contributed by atoms with Crippen molar-refractivity contribution in [2.45, 2.75) is 6.54 Å². The average molecular weight is 355 g/mol. The quantitative estimate of drug-likeness (QED) is 0.722. The molecule has 0 unspecified atom stereocenters. The van der Waals surface area contributed by atoms with Crippen LogP contribution >= 0.6 is 0 Å². The maximum absolute atomic E-state index is 13.9. The minimum absolute atomic E-state index is 0.0600. The van der Waals surface area contributed by atoms with E-state index in [1.54, 1.807) is 47.4 Å². The van der Waals surface area contributed by atoms with E-state index in [1.807, 2.05) is 4.90 Å². The van der Waals surface area contributed by atoms with Gasteiger partial charge in [-0.25, -0.2) is 9.18 Å². The van der Waals surface area contributed by atoms with Gasteiger partial charge in [0.25, 0.3) is 0 Å². The van der Waals surface area contributed by atoms with Crippen LogP contribution in [0.2, 0.25) is 0 Å². The van der Waals surface area contributed by atoms with Crippen molar-refractivity contribution in [3.05, 3.63) is 64.9 Å². The maximum atomic E-state index is 13.9. The van der Waals surface area contributed by atoms with E-state index in [2.05, 4.69) is 0 Å². The molecule has 1 fully saturated rings. The predicted molar refractivity (Wildman–Crippen MR) is 95.7 cm³/mol. The van der Waals surface area contributed by atoms with Gasteiger partial charge >= 0.3 is 5.76 Å². The monoisotopic (exact) mass is 355 g/mol. The number of fused-ring (bicyclic) bond motifs is 1. The molecule has 3 aromatic rings. The van der Waals surface area contributed by atoms with Gasteiger partial charge in [0, 0.05) is 26.2 Å². The van der Waals surface area contributed by atoms with Crippen molar-refractivity contribution < 1.29 is 13.6 Å². The first-order chi connectivity index (χ1) is 12.6. The normalized spacial score (nSPS) is 14.8. The molecule has 2 heterocycles. The van der Waals surface area contributed by atoms with Crippen LogP contribution in [0.4, 0.5) is 10.1 Å². The molecule has 26 heavy (non-hydrogen) atoms. The summed E-state index contributed by atoms with van der Waals surface area (Å²) in [6.45, 7) is 2.01. The van der Waals surface area contributed by atoms with Crippen molar-refractivity contribution in [3.63, 3.8) is 0 Å². The number of oxazole rings is 1. The molecule has 1 aromatic heterocycles. The van der Waals surface area contributed by atoms with Gasteiger partial charge in [0.15, 0.2) is 5.58 Å². The molecule has 4 rings (SSSR count). The number of aromatic nitrogens is 1. The largest absolute Gasteiger partial charge is 0.420 e. The Kier molecular flexibility index (Phi) is 4.20. The molecule has 0 saturated carbocycles. The zero-order valence-corrected chi connectivity index (χ0v) is 14.1. The molecule has 0 N–H and O–H groups in total. The second kappa shape index (κ2) is 6.67. The van der Waals surface area contributed by atoms with Gasteiger partial charge in [-0.05, 0) is 24.3 Å². The fourth-order valence-electron chi connectivity index (χ4n) is 3.30. The van der Waals surface area contributed by atoms with E-state index in [0.29, 0.717) is 43.0 Å². The van der Waals surface area contributed by atoms with E-state index in [1.165, 1.54) is 10.6 Å². The summed E-state index contributed by atoms with van der Waals surface area (Å²) in [6.07, 6.45) is 0. The van der Waals surface area contributed by atoms with Crippen LogP contribution in [0.3, 0.4) is 0 Å². The Morgan fingerprint density at radius 3 is 2.46 bits per heavy atom. The first-order valence-corrected chi connectivity index (χ1v) is 8.49. The molecular weight excluding hydrogens is 337 g/mol. The first-order valence-electron chi connectivity index (χ1n) is 8.49. The van der Waals surface area contributed by atoms with Gasteiger partial charge in [0.05, 0.1) is 11.2 Å². The Hall–Kier alpha value is -3.09. The second-order valence-electron chi connectivity index (χ2n) is 6.24. The van der Waals surface area contributed by atoms with Gasteiger partial charge in [-0.2, -0.15) is 0 Å². The second-order valence-corrected chi connectivity index (χ2v) is 6.24. The number of piperazine rings is 1. The molecule has 0 spiro atoms. The Morgan fingerprint density at radius 1 is 1.00 bits per heavy atom. The molecule has 0 atom stereocenters. The van der Waals surface area contributed by atoms with Gasteiger partial charge in [0.2, 0.25) is 5.91 Å². The summed E-state index contributed by atoms with van der Waals surface area (Å²) in [5, 5.41) is 0. The van der Waals surface area contributed by atoms with Gasteiger partial charge in [-0.3, -0.25) is 9.36 Å². The summed E-state index contributed by atoms with van der Waals surface area (Å²) >= 11 is 0. The van der Waals surface area contributed by atoms with E-state index < -0.39 is 5.76 Å². The van der Waals surface area contributed by atoms with Crippen LogP contribution in [0.25, 0.3) is 11.1 Å². The number of carbonyl (C=O) groups excluding carboxylic acids is 1. The zero-order chi connectivity index (χ0) is 18.1. The van der Waals surface area contributed by atoms with Gasteiger partial charge in [-0.15, -0.1) is 0 Å². The zero-order valence-electron chi connectivity index (χ0n) is 14.1. The molecule has 6 nitrogen and oxygen atoms in total. The highest BCUT2D eigenvalue weighted by atomic mass is 19.1. The third-order valence-electron chi connectivity index (χ3n) is 4.69. The van der Waals surface area contributed by atoms with Crippen molar-refractivity contribution in [1.29, 1.82) is 0 Å². The SMILES string of the molecule is O=C(Cn1c(=O)oc2ccccc21)N1CCN(c2ccccc2F)CC1. The molecule has 7 heteroatoms. The summed E-state index contributed by atoms with van der Waals surface area (Å²) in [7, 11) is 0. The third-order valence-corrected chi connectivity index (χ3v) is 4.69. The standard InChI is InChI=1S/C19H18FN3O3/c20-14-5-1-2-6-15(14)21-9-11-22(12-10-21)18(24)13-23-16-7-3-4-8-17(16)26-19(23)25/h1-8H,9-13H2. The number of anilines is 1. The van der Waals surface area contributed by atoms with Crippen LogP contribution in [0.1, 0.15) is 0 Å². The summed E-state index contributed by atoms with van der Waals surface area (Å²) < 4.78 is 20.4. The van der Waals surface area contributed by atoms with Gasteiger partial charge in [0.1, 0.15) is 12.4 Å². The number of para-hydroxylation sites is 3. The number of carbonyl (C=O) groups is 1. The average Bonchev–Trinajstić information content (AvgIpc) is 2.98. The van der Waals surface area contributed by atoms with Crippen molar-refractivity contribution in [3.8, 4) is 0 Å². The highest BCUT2D eigenvalue weighted by Gasteiger charge is 2.24. The Bertz CT molecular complexity index is 1000. The molecule has 1 aliphatic rings. The van der Waals surface area contributed by atoms with Crippen LogP contribution in [-0.2, 0) is 11.3 Å². The fraction of sp³-hybridized carbons (Fsp3) is 0.263. The minimum atomic E-state index is -0.537.